The molecule has 2 rings (SSSR count). The topological polar surface area (TPSA) is 49.3 Å². The number of carbonyl (C=O) groups is 1. The molecule has 21 heavy (non-hydrogen) atoms. The van der Waals surface area contributed by atoms with Crippen molar-refractivity contribution in [3.63, 3.8) is 0 Å². The summed E-state index contributed by atoms with van der Waals surface area (Å²) in [6.07, 6.45) is 1.66. The molecule has 0 aliphatic carbocycles. The predicted molar refractivity (Wildman–Crippen MR) is 84.6 cm³/mol. The number of nitrogens with one attached hydrogen (secondary N) is 1. The summed E-state index contributed by atoms with van der Waals surface area (Å²) in [6.45, 7) is 0.583. The lowest BCUT2D eigenvalue weighted by atomic mass is 10.1. The number of hydrogen-bond acceptors (Lipinski definition) is 2. The lowest BCUT2D eigenvalue weighted by Crippen LogP contribution is -2.25. The van der Waals surface area contributed by atoms with E-state index < -0.39 is 0 Å². The van der Waals surface area contributed by atoms with Gasteiger partial charge >= 0.3 is 0 Å². The van der Waals surface area contributed by atoms with E-state index in [2.05, 4.69) is 5.32 Å². The summed E-state index contributed by atoms with van der Waals surface area (Å²) >= 11 is 5.91. The van der Waals surface area contributed by atoms with Gasteiger partial charge in [0.1, 0.15) is 5.75 Å². The number of hydrogen-bond donors (Lipinski definition) is 2. The van der Waals surface area contributed by atoms with Crippen molar-refractivity contribution in [2.75, 3.05) is 6.54 Å². The molecule has 0 unspecified atom stereocenters. The van der Waals surface area contributed by atoms with Crippen LogP contribution in [0.5, 0.6) is 5.75 Å². The first-order chi connectivity index (χ1) is 10.1. The highest BCUT2D eigenvalue weighted by atomic mass is 35.5. The number of para-hydroxylation sites is 1. The Balaban J connectivity index is 1.72. The highest BCUT2D eigenvalue weighted by Gasteiger charge is 2.05. The minimum atomic E-state index is -0.0136. The molecule has 0 saturated carbocycles. The van der Waals surface area contributed by atoms with Gasteiger partial charge in [0.15, 0.2) is 0 Å². The SMILES string of the molecule is O=C(CCc1ccccc1O)NCCc1cccc(Cl)c1. The van der Waals surface area contributed by atoms with Crippen LogP contribution in [-0.4, -0.2) is 17.6 Å². The summed E-state index contributed by atoms with van der Waals surface area (Å²) in [5.41, 5.74) is 1.89. The summed E-state index contributed by atoms with van der Waals surface area (Å²) in [6, 6.07) is 14.7. The summed E-state index contributed by atoms with van der Waals surface area (Å²) in [7, 11) is 0. The average Bonchev–Trinajstić information content (AvgIpc) is 2.46. The van der Waals surface area contributed by atoms with E-state index in [1.165, 1.54) is 0 Å². The van der Waals surface area contributed by atoms with Crippen LogP contribution in [0.2, 0.25) is 5.02 Å². The lowest BCUT2D eigenvalue weighted by molar-refractivity contribution is -0.121. The molecule has 0 heterocycles. The van der Waals surface area contributed by atoms with Crippen molar-refractivity contribution in [3.05, 3.63) is 64.7 Å². The van der Waals surface area contributed by atoms with E-state index in [4.69, 9.17) is 11.6 Å². The van der Waals surface area contributed by atoms with Gasteiger partial charge in [-0.2, -0.15) is 0 Å². The average molecular weight is 304 g/mol. The van der Waals surface area contributed by atoms with Gasteiger partial charge < -0.3 is 10.4 Å². The first kappa shape index (κ1) is 15.4. The Morgan fingerprint density at radius 3 is 2.67 bits per heavy atom. The lowest BCUT2D eigenvalue weighted by Gasteiger charge is -2.07. The van der Waals surface area contributed by atoms with Crippen LogP contribution in [0.25, 0.3) is 0 Å². The Bertz CT molecular complexity index is 613. The number of halogens is 1. The van der Waals surface area contributed by atoms with Gasteiger partial charge in [0.05, 0.1) is 0 Å². The zero-order valence-electron chi connectivity index (χ0n) is 11.7. The second-order valence-electron chi connectivity index (χ2n) is 4.86. The monoisotopic (exact) mass is 303 g/mol. The number of aryl methyl sites for hydroxylation is 1. The summed E-state index contributed by atoms with van der Waals surface area (Å²) in [4.78, 5) is 11.8. The third-order valence-electron chi connectivity index (χ3n) is 3.24. The molecule has 2 aromatic carbocycles. The number of amides is 1. The number of phenolic OH excluding ortho intramolecular Hbond substituents is 1. The smallest absolute Gasteiger partial charge is 0.220 e. The number of rotatable bonds is 6. The highest BCUT2D eigenvalue weighted by molar-refractivity contribution is 6.30. The molecule has 0 aliphatic heterocycles. The van der Waals surface area contributed by atoms with Gasteiger partial charge in [-0.05, 0) is 42.2 Å². The van der Waals surface area contributed by atoms with Crippen LogP contribution in [0.3, 0.4) is 0 Å². The summed E-state index contributed by atoms with van der Waals surface area (Å²) in [5.74, 6) is 0.226. The zero-order chi connectivity index (χ0) is 15.1. The Labute approximate surface area is 129 Å². The zero-order valence-corrected chi connectivity index (χ0v) is 12.4. The molecule has 1 amide bonds. The minimum Gasteiger partial charge on any atom is -0.508 e. The van der Waals surface area contributed by atoms with Crippen LogP contribution < -0.4 is 5.32 Å². The standard InChI is InChI=1S/C17H18ClNO2/c18-15-6-3-4-13(12-15)10-11-19-17(21)9-8-14-5-1-2-7-16(14)20/h1-7,12,20H,8-11H2,(H,19,21). The van der Waals surface area contributed by atoms with Crippen molar-refractivity contribution < 1.29 is 9.90 Å². The van der Waals surface area contributed by atoms with Crippen LogP contribution in [0, 0.1) is 0 Å². The maximum Gasteiger partial charge on any atom is 0.220 e. The molecule has 4 heteroatoms. The van der Waals surface area contributed by atoms with Crippen LogP contribution in [0.1, 0.15) is 17.5 Å². The second-order valence-corrected chi connectivity index (χ2v) is 5.30. The van der Waals surface area contributed by atoms with E-state index in [0.29, 0.717) is 24.4 Å². The number of carbonyl (C=O) groups excluding carboxylic acids is 1. The van der Waals surface area contributed by atoms with Crippen LogP contribution in [0.15, 0.2) is 48.5 Å². The van der Waals surface area contributed by atoms with Crippen molar-refractivity contribution in [1.82, 2.24) is 5.32 Å². The van der Waals surface area contributed by atoms with Gasteiger partial charge in [0.2, 0.25) is 5.91 Å². The first-order valence-electron chi connectivity index (χ1n) is 6.93. The van der Waals surface area contributed by atoms with E-state index in [-0.39, 0.29) is 11.7 Å². The van der Waals surface area contributed by atoms with E-state index in [1.54, 1.807) is 12.1 Å². The predicted octanol–water partition coefficient (Wildman–Crippen LogP) is 3.34. The molecule has 3 nitrogen and oxygen atoms in total. The van der Waals surface area contributed by atoms with Crippen molar-refractivity contribution in [3.8, 4) is 5.75 Å². The summed E-state index contributed by atoms with van der Waals surface area (Å²) in [5, 5.41) is 13.2. The fraction of sp³-hybridized carbons (Fsp3) is 0.235. The fourth-order valence-corrected chi connectivity index (χ4v) is 2.31. The third-order valence-corrected chi connectivity index (χ3v) is 3.47. The Kier molecular flexibility index (Phi) is 5.64. The molecule has 0 radical (unpaired) electrons. The molecule has 0 bridgehead atoms. The molecule has 0 aromatic heterocycles. The molecule has 0 spiro atoms. The van der Waals surface area contributed by atoms with Crippen LogP contribution >= 0.6 is 11.6 Å². The Morgan fingerprint density at radius 1 is 1.10 bits per heavy atom. The molecular formula is C17H18ClNO2. The largest absolute Gasteiger partial charge is 0.508 e. The molecule has 2 aromatic rings. The van der Waals surface area contributed by atoms with Gasteiger partial charge in [-0.1, -0.05) is 41.9 Å². The van der Waals surface area contributed by atoms with Crippen molar-refractivity contribution in [2.24, 2.45) is 0 Å². The van der Waals surface area contributed by atoms with Crippen molar-refractivity contribution >= 4 is 17.5 Å². The van der Waals surface area contributed by atoms with Crippen LogP contribution in [0.4, 0.5) is 0 Å². The first-order valence-corrected chi connectivity index (χ1v) is 7.31. The van der Waals surface area contributed by atoms with E-state index in [1.807, 2.05) is 36.4 Å². The van der Waals surface area contributed by atoms with Gasteiger partial charge in [-0.25, -0.2) is 0 Å². The number of benzene rings is 2. The molecule has 0 fully saturated rings. The van der Waals surface area contributed by atoms with Crippen LogP contribution in [-0.2, 0) is 17.6 Å². The van der Waals surface area contributed by atoms with Gasteiger partial charge in [-0.15, -0.1) is 0 Å². The summed E-state index contributed by atoms with van der Waals surface area (Å²) < 4.78 is 0. The molecule has 0 saturated heterocycles. The van der Waals surface area contributed by atoms with E-state index in [0.717, 1.165) is 17.5 Å². The highest BCUT2D eigenvalue weighted by Crippen LogP contribution is 2.17. The second kappa shape index (κ2) is 7.70. The molecular weight excluding hydrogens is 286 g/mol. The molecule has 0 atom stereocenters. The molecule has 2 N–H and O–H groups in total. The maximum absolute atomic E-state index is 11.8. The van der Waals surface area contributed by atoms with Gasteiger partial charge in [0.25, 0.3) is 0 Å². The minimum absolute atomic E-state index is 0.0136. The number of aromatic hydroxyl groups is 1. The van der Waals surface area contributed by atoms with E-state index >= 15 is 0 Å². The maximum atomic E-state index is 11.8. The van der Waals surface area contributed by atoms with E-state index in [9.17, 15) is 9.90 Å². The quantitative estimate of drug-likeness (QED) is 0.860. The van der Waals surface area contributed by atoms with Gasteiger partial charge in [0, 0.05) is 18.0 Å². The fourth-order valence-electron chi connectivity index (χ4n) is 2.10. The molecule has 110 valence electrons. The van der Waals surface area contributed by atoms with Crippen molar-refractivity contribution in [2.45, 2.75) is 19.3 Å². The normalized spacial score (nSPS) is 10.3. The Hall–Kier alpha value is -2.00. The number of phenols is 1. The van der Waals surface area contributed by atoms with Gasteiger partial charge in [-0.3, -0.25) is 4.79 Å². The third kappa shape index (κ3) is 5.12. The van der Waals surface area contributed by atoms with Crippen molar-refractivity contribution in [1.29, 1.82) is 0 Å². The molecule has 0 aliphatic rings. The Morgan fingerprint density at radius 2 is 1.90 bits per heavy atom.